The summed E-state index contributed by atoms with van der Waals surface area (Å²) in [7, 11) is 0. The van der Waals surface area contributed by atoms with Crippen LogP contribution in [0.25, 0.3) is 0 Å². The number of carbonyl (C=O) groups excluding carboxylic acids is 1. The molecule has 0 saturated heterocycles. The molecule has 0 atom stereocenters. The number of aryl methyl sites for hydroxylation is 1. The van der Waals surface area contributed by atoms with Crippen molar-refractivity contribution in [3.8, 4) is 0 Å². The van der Waals surface area contributed by atoms with E-state index in [0.717, 1.165) is 12.1 Å². The Balaban J connectivity index is 2.06. The summed E-state index contributed by atoms with van der Waals surface area (Å²) in [6.45, 7) is 2.09. The van der Waals surface area contributed by atoms with Crippen molar-refractivity contribution in [2.75, 3.05) is 5.32 Å². The lowest BCUT2D eigenvalue weighted by Gasteiger charge is -2.03. The first-order chi connectivity index (χ1) is 7.79. The number of hydrogen-bond donors (Lipinski definition) is 1. The number of rotatable bonds is 3. The quantitative estimate of drug-likeness (QED) is 0.854. The lowest BCUT2D eigenvalue weighted by Crippen LogP contribution is -2.10. The summed E-state index contributed by atoms with van der Waals surface area (Å²) in [5.74, 6) is 0.0915. The van der Waals surface area contributed by atoms with Gasteiger partial charge in [-0.05, 0) is 36.2 Å². The van der Waals surface area contributed by atoms with Gasteiger partial charge in [-0.25, -0.2) is 0 Å². The molecular weight excluding hydrogens is 202 g/mol. The Bertz CT molecular complexity index is 457. The molecule has 0 radical (unpaired) electrons. The molecule has 0 unspecified atom stereocenters. The molecule has 1 aromatic heterocycles. The molecule has 82 valence electrons. The second kappa shape index (κ2) is 4.66. The Kier molecular flexibility index (Phi) is 3.05. The maximum atomic E-state index is 11.6. The number of hydrogen-bond acceptors (Lipinski definition) is 2. The molecule has 0 saturated carbocycles. The van der Waals surface area contributed by atoms with E-state index in [4.69, 9.17) is 4.42 Å². The highest BCUT2D eigenvalue weighted by Gasteiger charge is 2.07. The highest BCUT2D eigenvalue weighted by Crippen LogP contribution is 2.11. The summed E-state index contributed by atoms with van der Waals surface area (Å²) < 4.78 is 5.00. The van der Waals surface area contributed by atoms with Crippen molar-refractivity contribution in [2.24, 2.45) is 0 Å². The molecule has 3 heteroatoms. The maximum absolute atomic E-state index is 11.6. The van der Waals surface area contributed by atoms with E-state index >= 15 is 0 Å². The fraction of sp³-hybridized carbons (Fsp3) is 0.154. The van der Waals surface area contributed by atoms with Crippen molar-refractivity contribution in [3.63, 3.8) is 0 Å². The summed E-state index contributed by atoms with van der Waals surface area (Å²) >= 11 is 0. The van der Waals surface area contributed by atoms with Crippen molar-refractivity contribution in [1.82, 2.24) is 0 Å². The predicted molar refractivity (Wildman–Crippen MR) is 62.5 cm³/mol. The van der Waals surface area contributed by atoms with Gasteiger partial charge in [0.25, 0.3) is 5.91 Å². The summed E-state index contributed by atoms with van der Waals surface area (Å²) in [6, 6.07) is 11.1. The predicted octanol–water partition coefficient (Wildman–Crippen LogP) is 3.09. The fourth-order valence-electron chi connectivity index (χ4n) is 1.42. The first-order valence-corrected chi connectivity index (χ1v) is 5.23. The van der Waals surface area contributed by atoms with Crippen LogP contribution in [0, 0.1) is 0 Å². The van der Waals surface area contributed by atoms with Crippen LogP contribution in [0.4, 0.5) is 5.69 Å². The molecule has 1 N–H and O–H groups in total. The van der Waals surface area contributed by atoms with Gasteiger partial charge in [0.15, 0.2) is 5.76 Å². The molecule has 3 nitrogen and oxygen atoms in total. The number of nitrogens with one attached hydrogen (secondary N) is 1. The van der Waals surface area contributed by atoms with Gasteiger partial charge >= 0.3 is 0 Å². The van der Waals surface area contributed by atoms with E-state index in [0.29, 0.717) is 5.76 Å². The van der Waals surface area contributed by atoms with Crippen molar-refractivity contribution in [3.05, 3.63) is 54.0 Å². The summed E-state index contributed by atoms with van der Waals surface area (Å²) in [5, 5.41) is 2.76. The fourth-order valence-corrected chi connectivity index (χ4v) is 1.42. The molecule has 16 heavy (non-hydrogen) atoms. The Labute approximate surface area is 94.1 Å². The van der Waals surface area contributed by atoms with E-state index in [1.54, 1.807) is 12.1 Å². The summed E-state index contributed by atoms with van der Waals surface area (Å²) in [4.78, 5) is 11.6. The molecule has 0 spiro atoms. The molecule has 0 aliphatic heterocycles. The van der Waals surface area contributed by atoms with E-state index in [1.807, 2.05) is 24.3 Å². The second-order valence-electron chi connectivity index (χ2n) is 3.48. The first kappa shape index (κ1) is 10.5. The molecule has 1 amide bonds. The van der Waals surface area contributed by atoms with Crippen LogP contribution in [0.2, 0.25) is 0 Å². The number of benzene rings is 1. The number of furan rings is 1. The zero-order chi connectivity index (χ0) is 11.4. The largest absolute Gasteiger partial charge is 0.459 e. The first-order valence-electron chi connectivity index (χ1n) is 5.23. The number of amides is 1. The lowest BCUT2D eigenvalue weighted by molar-refractivity contribution is 0.0996. The molecular formula is C13H13NO2. The van der Waals surface area contributed by atoms with E-state index < -0.39 is 0 Å². The van der Waals surface area contributed by atoms with Crippen molar-refractivity contribution in [1.29, 1.82) is 0 Å². The van der Waals surface area contributed by atoms with Gasteiger partial charge in [0.2, 0.25) is 0 Å². The third-order valence-electron chi connectivity index (χ3n) is 2.37. The van der Waals surface area contributed by atoms with Gasteiger partial charge < -0.3 is 9.73 Å². The van der Waals surface area contributed by atoms with Crippen LogP contribution in [0.1, 0.15) is 23.0 Å². The lowest BCUT2D eigenvalue weighted by atomic mass is 10.1. The highest BCUT2D eigenvalue weighted by atomic mass is 16.3. The van der Waals surface area contributed by atoms with Crippen LogP contribution in [0.5, 0.6) is 0 Å². The van der Waals surface area contributed by atoms with E-state index in [2.05, 4.69) is 12.2 Å². The van der Waals surface area contributed by atoms with Crippen molar-refractivity contribution < 1.29 is 9.21 Å². The number of carbonyl (C=O) groups is 1. The van der Waals surface area contributed by atoms with Gasteiger partial charge in [0.05, 0.1) is 6.26 Å². The third-order valence-corrected chi connectivity index (χ3v) is 2.37. The van der Waals surface area contributed by atoms with Crippen molar-refractivity contribution >= 4 is 11.6 Å². The standard InChI is InChI=1S/C13H13NO2/c1-2-10-5-7-11(8-6-10)14-13(15)12-4-3-9-16-12/h3-9H,2H2,1H3,(H,14,15). The molecule has 1 heterocycles. The van der Waals surface area contributed by atoms with E-state index in [-0.39, 0.29) is 5.91 Å². The molecule has 0 aliphatic carbocycles. The Morgan fingerprint density at radius 1 is 1.25 bits per heavy atom. The van der Waals surface area contributed by atoms with Gasteiger partial charge in [0.1, 0.15) is 0 Å². The zero-order valence-corrected chi connectivity index (χ0v) is 9.07. The Morgan fingerprint density at radius 3 is 2.56 bits per heavy atom. The minimum atomic E-state index is -0.228. The molecule has 2 aromatic rings. The van der Waals surface area contributed by atoms with Gasteiger partial charge in [-0.1, -0.05) is 19.1 Å². The summed E-state index contributed by atoms with van der Waals surface area (Å²) in [6.07, 6.45) is 2.47. The smallest absolute Gasteiger partial charge is 0.291 e. The van der Waals surface area contributed by atoms with Crippen LogP contribution >= 0.6 is 0 Å². The molecule has 1 aromatic carbocycles. The summed E-state index contributed by atoms with van der Waals surface area (Å²) in [5.41, 5.74) is 2.02. The number of anilines is 1. The molecule has 0 aliphatic rings. The van der Waals surface area contributed by atoms with Gasteiger partial charge in [-0.15, -0.1) is 0 Å². The van der Waals surface area contributed by atoms with Crippen LogP contribution in [0.15, 0.2) is 47.1 Å². The minimum absolute atomic E-state index is 0.228. The second-order valence-corrected chi connectivity index (χ2v) is 3.48. The average Bonchev–Trinajstić information content (AvgIpc) is 2.83. The normalized spacial score (nSPS) is 10.1. The van der Waals surface area contributed by atoms with Crippen LogP contribution in [-0.2, 0) is 6.42 Å². The van der Waals surface area contributed by atoms with Crippen LogP contribution in [-0.4, -0.2) is 5.91 Å². The van der Waals surface area contributed by atoms with Crippen LogP contribution < -0.4 is 5.32 Å². The van der Waals surface area contributed by atoms with Gasteiger partial charge in [-0.3, -0.25) is 4.79 Å². The van der Waals surface area contributed by atoms with E-state index in [9.17, 15) is 4.79 Å². The Hall–Kier alpha value is -2.03. The minimum Gasteiger partial charge on any atom is -0.459 e. The van der Waals surface area contributed by atoms with Gasteiger partial charge in [0, 0.05) is 5.69 Å². The Morgan fingerprint density at radius 2 is 2.00 bits per heavy atom. The topological polar surface area (TPSA) is 42.2 Å². The highest BCUT2D eigenvalue weighted by molar-refractivity contribution is 6.02. The van der Waals surface area contributed by atoms with E-state index in [1.165, 1.54) is 11.8 Å². The van der Waals surface area contributed by atoms with Crippen LogP contribution in [0.3, 0.4) is 0 Å². The SMILES string of the molecule is CCc1ccc(NC(=O)c2ccco2)cc1. The maximum Gasteiger partial charge on any atom is 0.291 e. The molecule has 0 bridgehead atoms. The van der Waals surface area contributed by atoms with Crippen molar-refractivity contribution in [2.45, 2.75) is 13.3 Å². The molecule has 2 rings (SSSR count). The van der Waals surface area contributed by atoms with Gasteiger partial charge in [-0.2, -0.15) is 0 Å². The molecule has 0 fully saturated rings. The average molecular weight is 215 g/mol. The third kappa shape index (κ3) is 2.31. The monoisotopic (exact) mass is 215 g/mol. The zero-order valence-electron chi connectivity index (χ0n) is 9.07.